The van der Waals surface area contributed by atoms with Crippen molar-refractivity contribution in [3.8, 4) is 0 Å². The van der Waals surface area contributed by atoms with E-state index in [1.807, 2.05) is 0 Å². The average Bonchev–Trinajstić information content (AvgIpc) is 2.87. The van der Waals surface area contributed by atoms with E-state index < -0.39 is 7.26 Å². The minimum Gasteiger partial charge on any atom is -1.00 e. The highest BCUT2D eigenvalue weighted by Gasteiger charge is 2.50. The number of aryl methyl sites for hydroxylation is 2. The summed E-state index contributed by atoms with van der Waals surface area (Å²) in [6, 6.07) is 45.2. The highest BCUT2D eigenvalue weighted by molar-refractivity contribution is 7.95. The van der Waals surface area contributed by atoms with Crippen molar-refractivity contribution in [3.05, 3.63) is 138 Å². The molecule has 0 spiro atoms. The van der Waals surface area contributed by atoms with E-state index in [1.165, 1.54) is 43.4 Å². The van der Waals surface area contributed by atoms with Crippen LogP contribution in [0.15, 0.2) is 121 Å². The van der Waals surface area contributed by atoms with Crippen LogP contribution in [0, 0.1) is 13.8 Å². The molecule has 0 bridgehead atoms. The van der Waals surface area contributed by atoms with Crippen LogP contribution >= 0.6 is 7.26 Å². The summed E-state index contributed by atoms with van der Waals surface area (Å²) in [4.78, 5) is 0. The van der Waals surface area contributed by atoms with Gasteiger partial charge in [0.05, 0.1) is 0 Å². The Balaban J connectivity index is 0.00000274. The van der Waals surface area contributed by atoms with Gasteiger partial charge in [-0.1, -0.05) is 78.9 Å². The second-order valence-electron chi connectivity index (χ2n) is 8.95. The fourth-order valence-electron chi connectivity index (χ4n) is 5.13. The van der Waals surface area contributed by atoms with Crippen LogP contribution in [0.2, 0.25) is 0 Å². The summed E-state index contributed by atoms with van der Waals surface area (Å²) in [7, 11) is -1.97. The van der Waals surface area contributed by atoms with E-state index >= 15 is 0 Å². The van der Waals surface area contributed by atoms with Crippen molar-refractivity contribution in [3.63, 3.8) is 0 Å². The molecule has 0 aliphatic carbocycles. The minimum atomic E-state index is -1.97. The Bertz CT molecular complexity index is 1280. The largest absolute Gasteiger partial charge is 1.00 e. The first-order chi connectivity index (χ1) is 16.1. The first-order valence-corrected chi connectivity index (χ1v) is 13.5. The van der Waals surface area contributed by atoms with Gasteiger partial charge in [-0.05, 0) is 90.7 Å². The molecule has 0 aliphatic rings. The van der Waals surface area contributed by atoms with Crippen LogP contribution in [-0.4, -0.2) is 0 Å². The fraction of sp³-hybridized carbons (Fsp3) is 0.125. The van der Waals surface area contributed by atoms with E-state index in [9.17, 15) is 0 Å². The van der Waals surface area contributed by atoms with Crippen LogP contribution in [0.5, 0.6) is 0 Å². The third kappa shape index (κ3) is 4.24. The average molecular weight is 525 g/mol. The molecule has 0 aliphatic heterocycles. The summed E-state index contributed by atoms with van der Waals surface area (Å²) < 4.78 is 0. The van der Waals surface area contributed by atoms with Crippen LogP contribution in [0.4, 0.5) is 0 Å². The topological polar surface area (TPSA) is 0 Å². The van der Waals surface area contributed by atoms with Crippen molar-refractivity contribution in [2.75, 3.05) is 0 Å². The van der Waals surface area contributed by atoms with Gasteiger partial charge in [-0.3, -0.25) is 0 Å². The zero-order valence-electron chi connectivity index (χ0n) is 19.9. The molecule has 34 heavy (non-hydrogen) atoms. The third-order valence-corrected chi connectivity index (χ3v) is 11.8. The Morgan fingerprint density at radius 2 is 0.912 bits per heavy atom. The van der Waals surface area contributed by atoms with E-state index in [0.29, 0.717) is 5.66 Å². The second-order valence-corrected chi connectivity index (χ2v) is 12.7. The standard InChI is InChI=1S/C32H30P.BrH/c1-24-21-28-20-19-27(23-29(28)22-25(24)2)26(3)33(30-13-7-4-8-14-30,31-15-9-5-10-16-31)32-17-11-6-12-18-32;/h4-23,26H,1-3H3;1H/q+1;/p-1. The summed E-state index contributed by atoms with van der Waals surface area (Å²) >= 11 is 0. The number of fused-ring (bicyclic) bond motifs is 1. The maximum atomic E-state index is 2.43. The fourth-order valence-corrected chi connectivity index (χ4v) is 9.91. The van der Waals surface area contributed by atoms with E-state index in [1.54, 1.807) is 0 Å². The molecule has 5 aromatic rings. The SMILES string of the molecule is Cc1cc2ccc(C(C)[P+](c3ccccc3)(c3ccccc3)c3ccccc3)cc2cc1C.[Br-]. The van der Waals surface area contributed by atoms with Crippen LogP contribution in [-0.2, 0) is 0 Å². The molecule has 5 aromatic carbocycles. The number of rotatable bonds is 5. The lowest BCUT2D eigenvalue weighted by molar-refractivity contribution is -0.00000650. The summed E-state index contributed by atoms with van der Waals surface area (Å²) in [5.74, 6) is 0. The van der Waals surface area contributed by atoms with Gasteiger partial charge in [-0.25, -0.2) is 0 Å². The third-order valence-electron chi connectivity index (χ3n) is 7.03. The van der Waals surface area contributed by atoms with Gasteiger partial charge in [0.15, 0.2) is 0 Å². The lowest BCUT2D eigenvalue weighted by Gasteiger charge is -2.33. The number of hydrogen-bond acceptors (Lipinski definition) is 0. The van der Waals surface area contributed by atoms with Gasteiger partial charge >= 0.3 is 0 Å². The van der Waals surface area contributed by atoms with Crippen molar-refractivity contribution in [1.82, 2.24) is 0 Å². The lowest BCUT2D eigenvalue weighted by atomic mass is 10.00. The Kier molecular flexibility index (Phi) is 7.36. The molecule has 0 N–H and O–H groups in total. The molecule has 2 heteroatoms. The van der Waals surface area contributed by atoms with Crippen LogP contribution in [0.3, 0.4) is 0 Å². The van der Waals surface area contributed by atoms with Crippen LogP contribution in [0.1, 0.15) is 29.3 Å². The molecule has 1 unspecified atom stereocenters. The Morgan fingerprint density at radius 1 is 0.500 bits per heavy atom. The molecule has 1 atom stereocenters. The Labute approximate surface area is 214 Å². The molecule has 0 heterocycles. The molecule has 5 rings (SSSR count). The molecule has 0 saturated heterocycles. The smallest absolute Gasteiger partial charge is 0.119 e. The highest BCUT2D eigenvalue weighted by Crippen LogP contribution is 2.66. The van der Waals surface area contributed by atoms with Crippen molar-refractivity contribution >= 4 is 33.9 Å². The number of benzene rings is 5. The summed E-state index contributed by atoms with van der Waals surface area (Å²) in [5, 5.41) is 6.92. The molecule has 0 radical (unpaired) electrons. The number of halogens is 1. The minimum absolute atomic E-state index is 0. The molecular weight excluding hydrogens is 495 g/mol. The molecule has 170 valence electrons. The zero-order chi connectivity index (χ0) is 22.8. The first-order valence-electron chi connectivity index (χ1n) is 11.7. The maximum absolute atomic E-state index is 2.43. The van der Waals surface area contributed by atoms with Gasteiger partial charge in [0, 0.05) is 0 Å². The van der Waals surface area contributed by atoms with E-state index in [-0.39, 0.29) is 17.0 Å². The summed E-state index contributed by atoms with van der Waals surface area (Å²) in [6.07, 6.45) is 0. The number of hydrogen-bond donors (Lipinski definition) is 0. The first kappa shape index (κ1) is 24.4. The van der Waals surface area contributed by atoms with Gasteiger partial charge in [-0.15, -0.1) is 0 Å². The van der Waals surface area contributed by atoms with Gasteiger partial charge in [0.25, 0.3) is 0 Å². The monoisotopic (exact) mass is 524 g/mol. The quantitative estimate of drug-likeness (QED) is 0.296. The van der Waals surface area contributed by atoms with Crippen LogP contribution in [0.25, 0.3) is 10.8 Å². The van der Waals surface area contributed by atoms with Crippen molar-refractivity contribution in [2.24, 2.45) is 0 Å². The molecular formula is C32H30BrP. The molecule has 0 fully saturated rings. The molecule has 0 saturated carbocycles. The van der Waals surface area contributed by atoms with E-state index in [0.717, 1.165) is 0 Å². The Morgan fingerprint density at radius 3 is 1.35 bits per heavy atom. The molecule has 0 amide bonds. The summed E-state index contributed by atoms with van der Waals surface area (Å²) in [6.45, 7) is 6.84. The van der Waals surface area contributed by atoms with Gasteiger partial charge in [0.2, 0.25) is 0 Å². The highest BCUT2D eigenvalue weighted by atomic mass is 79.9. The van der Waals surface area contributed by atoms with Crippen molar-refractivity contribution in [1.29, 1.82) is 0 Å². The van der Waals surface area contributed by atoms with Gasteiger partial charge in [0.1, 0.15) is 28.8 Å². The molecule has 0 aromatic heterocycles. The van der Waals surface area contributed by atoms with Crippen molar-refractivity contribution in [2.45, 2.75) is 26.4 Å². The summed E-state index contributed by atoms with van der Waals surface area (Å²) in [5.41, 5.74) is 4.43. The van der Waals surface area contributed by atoms with Crippen molar-refractivity contribution < 1.29 is 17.0 Å². The maximum Gasteiger partial charge on any atom is 0.119 e. The Hall–Kier alpha value is -2.73. The zero-order valence-corrected chi connectivity index (χ0v) is 22.4. The predicted molar refractivity (Wildman–Crippen MR) is 147 cm³/mol. The van der Waals surface area contributed by atoms with E-state index in [4.69, 9.17) is 0 Å². The predicted octanol–water partition coefficient (Wildman–Crippen LogP) is 4.52. The molecule has 0 nitrogen and oxygen atoms in total. The van der Waals surface area contributed by atoms with Gasteiger partial charge in [-0.2, -0.15) is 0 Å². The van der Waals surface area contributed by atoms with Gasteiger partial charge < -0.3 is 17.0 Å². The van der Waals surface area contributed by atoms with Crippen LogP contribution < -0.4 is 32.9 Å². The lowest BCUT2D eigenvalue weighted by Crippen LogP contribution is -3.00. The van der Waals surface area contributed by atoms with E-state index in [2.05, 4.69) is 142 Å². The second kappa shape index (κ2) is 10.3. The normalized spacial score (nSPS) is 12.2.